The van der Waals surface area contributed by atoms with E-state index >= 15 is 0 Å². The van der Waals surface area contributed by atoms with Gasteiger partial charge in [-0.3, -0.25) is 0 Å². The average molecular weight is 279 g/mol. The molecule has 2 aliphatic heterocycles. The predicted octanol–water partition coefficient (Wildman–Crippen LogP) is 3.38. The van der Waals surface area contributed by atoms with Gasteiger partial charge in [0.25, 0.3) is 0 Å². The summed E-state index contributed by atoms with van der Waals surface area (Å²) in [5, 5.41) is 4.22. The van der Waals surface area contributed by atoms with E-state index in [1.165, 1.54) is 16.9 Å². The molecule has 2 heterocycles. The molecule has 104 valence electrons. The summed E-state index contributed by atoms with van der Waals surface area (Å²) in [6, 6.07) is 4.79. The van der Waals surface area contributed by atoms with Gasteiger partial charge in [0, 0.05) is 22.6 Å². The van der Waals surface area contributed by atoms with Crippen LogP contribution in [0.5, 0.6) is 11.5 Å². The molecular weight excluding hydrogens is 258 g/mol. The van der Waals surface area contributed by atoms with Crippen LogP contribution in [-0.4, -0.2) is 25.0 Å². The molecule has 0 aliphatic carbocycles. The first-order valence-electron chi connectivity index (χ1n) is 7.11. The highest BCUT2D eigenvalue weighted by Gasteiger charge is 2.27. The average Bonchev–Trinajstić information content (AvgIpc) is 2.61. The van der Waals surface area contributed by atoms with Crippen molar-refractivity contribution in [3.63, 3.8) is 0 Å². The third-order valence-electron chi connectivity index (χ3n) is 3.60. The Morgan fingerprint density at radius 2 is 2.00 bits per heavy atom. The summed E-state index contributed by atoms with van der Waals surface area (Å²) in [6.07, 6.45) is 2.13. The number of nitrogens with one attached hydrogen (secondary N) is 1. The summed E-state index contributed by atoms with van der Waals surface area (Å²) < 4.78 is 11.6. The largest absolute Gasteiger partial charge is 0.490 e. The van der Waals surface area contributed by atoms with Gasteiger partial charge in [0.15, 0.2) is 11.5 Å². The summed E-state index contributed by atoms with van der Waals surface area (Å²) in [7, 11) is 0. The number of ether oxygens (including phenoxy) is 2. The molecule has 0 spiro atoms. The van der Waals surface area contributed by atoms with E-state index in [9.17, 15) is 0 Å². The first kappa shape index (κ1) is 13.1. The summed E-state index contributed by atoms with van der Waals surface area (Å²) in [5.41, 5.74) is 1.37. The van der Waals surface area contributed by atoms with Crippen LogP contribution < -0.4 is 14.8 Å². The van der Waals surface area contributed by atoms with Crippen molar-refractivity contribution < 1.29 is 9.47 Å². The summed E-state index contributed by atoms with van der Waals surface area (Å²) in [4.78, 5) is 1.34. The standard InChI is InChI=1S/C15H21NO2S/c1-3-16-12-7-10(2)19-15-9-14-13(8-11(12)15)17-5-4-6-18-14/h8-10,12,16H,3-7H2,1-2H3. The lowest BCUT2D eigenvalue weighted by molar-refractivity contribution is 0.296. The number of rotatable bonds is 2. The van der Waals surface area contributed by atoms with Crippen molar-refractivity contribution in [3.8, 4) is 11.5 Å². The second-order valence-electron chi connectivity index (χ2n) is 5.16. The van der Waals surface area contributed by atoms with Gasteiger partial charge in [-0.1, -0.05) is 13.8 Å². The number of hydrogen-bond donors (Lipinski definition) is 1. The van der Waals surface area contributed by atoms with E-state index < -0.39 is 0 Å². The molecule has 1 aromatic carbocycles. The fourth-order valence-electron chi connectivity index (χ4n) is 2.74. The smallest absolute Gasteiger partial charge is 0.162 e. The Bertz CT molecular complexity index is 464. The predicted molar refractivity (Wildman–Crippen MR) is 78.4 cm³/mol. The van der Waals surface area contributed by atoms with Crippen molar-refractivity contribution in [1.29, 1.82) is 0 Å². The van der Waals surface area contributed by atoms with Crippen LogP contribution in [0, 0.1) is 0 Å². The van der Waals surface area contributed by atoms with Gasteiger partial charge in [-0.25, -0.2) is 0 Å². The molecule has 0 amide bonds. The second kappa shape index (κ2) is 5.63. The zero-order chi connectivity index (χ0) is 13.2. The van der Waals surface area contributed by atoms with Crippen LogP contribution >= 0.6 is 11.8 Å². The van der Waals surface area contributed by atoms with E-state index in [0.29, 0.717) is 11.3 Å². The highest BCUT2D eigenvalue weighted by atomic mass is 32.2. The van der Waals surface area contributed by atoms with E-state index in [0.717, 1.165) is 37.7 Å². The van der Waals surface area contributed by atoms with Crippen molar-refractivity contribution in [2.45, 2.75) is 42.9 Å². The maximum absolute atomic E-state index is 5.81. The summed E-state index contributed by atoms with van der Waals surface area (Å²) in [5.74, 6) is 1.82. The second-order valence-corrected chi connectivity index (χ2v) is 6.64. The number of hydrogen-bond acceptors (Lipinski definition) is 4. The Hall–Kier alpha value is -0.870. The van der Waals surface area contributed by atoms with Crippen molar-refractivity contribution in [3.05, 3.63) is 17.7 Å². The van der Waals surface area contributed by atoms with Crippen LogP contribution in [0.2, 0.25) is 0 Å². The van der Waals surface area contributed by atoms with Gasteiger partial charge in [-0.2, -0.15) is 0 Å². The highest BCUT2D eigenvalue weighted by molar-refractivity contribution is 8.00. The lowest BCUT2D eigenvalue weighted by atomic mass is 10.0. The third kappa shape index (κ3) is 2.70. The number of thioether (sulfide) groups is 1. The van der Waals surface area contributed by atoms with Crippen molar-refractivity contribution in [1.82, 2.24) is 5.32 Å². The van der Waals surface area contributed by atoms with Gasteiger partial charge in [-0.05, 0) is 30.7 Å². The van der Waals surface area contributed by atoms with Gasteiger partial charge in [0.2, 0.25) is 0 Å². The lowest BCUT2D eigenvalue weighted by Gasteiger charge is -2.30. The summed E-state index contributed by atoms with van der Waals surface area (Å²) >= 11 is 1.95. The molecule has 2 unspecified atom stereocenters. The van der Waals surface area contributed by atoms with Gasteiger partial charge in [-0.15, -0.1) is 11.8 Å². The molecule has 4 heteroatoms. The van der Waals surface area contributed by atoms with Crippen molar-refractivity contribution >= 4 is 11.8 Å². The monoisotopic (exact) mass is 279 g/mol. The number of benzene rings is 1. The molecule has 2 atom stereocenters. The molecule has 1 aromatic rings. The normalized spacial score (nSPS) is 25.6. The van der Waals surface area contributed by atoms with Crippen LogP contribution in [0.25, 0.3) is 0 Å². The van der Waals surface area contributed by atoms with E-state index in [2.05, 4.69) is 31.3 Å². The first-order chi connectivity index (χ1) is 9.28. The van der Waals surface area contributed by atoms with Crippen molar-refractivity contribution in [2.75, 3.05) is 19.8 Å². The molecule has 0 saturated carbocycles. The molecule has 0 saturated heterocycles. The molecule has 19 heavy (non-hydrogen) atoms. The van der Waals surface area contributed by atoms with Gasteiger partial charge in [0.05, 0.1) is 13.2 Å². The fraction of sp³-hybridized carbons (Fsp3) is 0.600. The van der Waals surface area contributed by atoms with Crippen LogP contribution in [0.3, 0.4) is 0 Å². The van der Waals surface area contributed by atoms with E-state index in [1.54, 1.807) is 0 Å². The first-order valence-corrected chi connectivity index (χ1v) is 7.99. The minimum Gasteiger partial charge on any atom is -0.490 e. The zero-order valence-corrected chi connectivity index (χ0v) is 12.4. The third-order valence-corrected chi connectivity index (χ3v) is 4.80. The van der Waals surface area contributed by atoms with E-state index in [-0.39, 0.29) is 0 Å². The molecule has 0 fully saturated rings. The lowest BCUT2D eigenvalue weighted by Crippen LogP contribution is -2.27. The van der Waals surface area contributed by atoms with Gasteiger partial charge < -0.3 is 14.8 Å². The SMILES string of the molecule is CCNC1CC(C)Sc2cc3c(cc21)OCCCO3. The maximum Gasteiger partial charge on any atom is 0.162 e. The molecule has 0 aromatic heterocycles. The molecule has 2 aliphatic rings. The molecular formula is C15H21NO2S. The Morgan fingerprint density at radius 3 is 2.74 bits per heavy atom. The Balaban J connectivity index is 1.99. The van der Waals surface area contributed by atoms with Gasteiger partial charge in [0.1, 0.15) is 0 Å². The fourth-order valence-corrected chi connectivity index (χ4v) is 3.98. The molecule has 1 N–H and O–H groups in total. The Morgan fingerprint density at radius 1 is 1.26 bits per heavy atom. The molecule has 3 nitrogen and oxygen atoms in total. The van der Waals surface area contributed by atoms with Crippen molar-refractivity contribution in [2.24, 2.45) is 0 Å². The topological polar surface area (TPSA) is 30.5 Å². The van der Waals surface area contributed by atoms with Crippen LogP contribution in [0.15, 0.2) is 17.0 Å². The minimum atomic E-state index is 0.438. The quantitative estimate of drug-likeness (QED) is 0.899. The van der Waals surface area contributed by atoms with E-state index in [4.69, 9.17) is 9.47 Å². The van der Waals surface area contributed by atoms with Gasteiger partial charge >= 0.3 is 0 Å². The Kier molecular flexibility index (Phi) is 3.89. The highest BCUT2D eigenvalue weighted by Crippen LogP contribution is 2.45. The minimum absolute atomic E-state index is 0.438. The van der Waals surface area contributed by atoms with E-state index in [1.807, 2.05) is 11.8 Å². The number of fused-ring (bicyclic) bond motifs is 2. The Labute approximate surface area is 119 Å². The van der Waals surface area contributed by atoms with Crippen LogP contribution in [0.1, 0.15) is 38.3 Å². The summed E-state index contributed by atoms with van der Waals surface area (Å²) in [6.45, 7) is 6.95. The maximum atomic E-state index is 5.81. The zero-order valence-electron chi connectivity index (χ0n) is 11.6. The molecule has 3 rings (SSSR count). The van der Waals surface area contributed by atoms with Crippen LogP contribution in [0.4, 0.5) is 0 Å². The molecule has 0 bridgehead atoms. The van der Waals surface area contributed by atoms with Crippen LogP contribution in [-0.2, 0) is 0 Å². The molecule has 0 radical (unpaired) electrons.